The molecule has 2 aromatic rings. The highest BCUT2D eigenvalue weighted by Crippen LogP contribution is 2.25. The van der Waals surface area contributed by atoms with Crippen molar-refractivity contribution in [2.75, 3.05) is 31.1 Å². The lowest BCUT2D eigenvalue weighted by Gasteiger charge is -2.27. The van der Waals surface area contributed by atoms with Crippen LogP contribution >= 0.6 is 0 Å². The first-order chi connectivity index (χ1) is 10.1. The average Bonchev–Trinajstić information content (AvgIpc) is 2.47. The highest BCUT2D eigenvalue weighted by atomic mass is 19.1. The monoisotopic (exact) mass is 290 g/mol. The molecule has 1 aromatic carbocycles. The van der Waals surface area contributed by atoms with Crippen molar-refractivity contribution in [3.63, 3.8) is 0 Å². The Labute approximate surface area is 120 Å². The van der Waals surface area contributed by atoms with Gasteiger partial charge in [0.25, 0.3) is 5.56 Å². The second-order valence-electron chi connectivity index (χ2n) is 4.84. The maximum Gasteiger partial charge on any atom is 0.264 e. The Morgan fingerprint density at radius 3 is 2.71 bits per heavy atom. The van der Waals surface area contributed by atoms with Gasteiger partial charge in [0.2, 0.25) is 11.8 Å². The van der Waals surface area contributed by atoms with Gasteiger partial charge >= 0.3 is 0 Å². The molecule has 3 N–H and O–H groups in total. The molecule has 0 unspecified atom stereocenters. The van der Waals surface area contributed by atoms with Gasteiger partial charge in [-0.25, -0.2) is 4.39 Å². The molecule has 110 valence electrons. The van der Waals surface area contributed by atoms with E-state index >= 15 is 0 Å². The van der Waals surface area contributed by atoms with Crippen LogP contribution in [0, 0.1) is 5.82 Å². The van der Waals surface area contributed by atoms with Crippen LogP contribution in [0.2, 0.25) is 0 Å². The van der Waals surface area contributed by atoms with Crippen LogP contribution in [0.1, 0.15) is 0 Å². The lowest BCUT2D eigenvalue weighted by atomic mass is 10.1. The fraction of sp³-hybridized carbons (Fsp3) is 0.286. The molecule has 1 aromatic heterocycles. The maximum atomic E-state index is 13.3. The molecule has 1 fully saturated rings. The Morgan fingerprint density at radius 2 is 2.05 bits per heavy atom. The Morgan fingerprint density at radius 1 is 1.29 bits per heavy atom. The Hall–Kier alpha value is -2.41. The predicted molar refractivity (Wildman–Crippen MR) is 77.0 cm³/mol. The van der Waals surface area contributed by atoms with Crippen molar-refractivity contribution in [2.45, 2.75) is 0 Å². The molecule has 3 rings (SSSR count). The number of hydrogen-bond donors (Lipinski definition) is 3. The van der Waals surface area contributed by atoms with Crippen LogP contribution in [0.3, 0.4) is 0 Å². The summed E-state index contributed by atoms with van der Waals surface area (Å²) in [4.78, 5) is 20.8. The van der Waals surface area contributed by atoms with Gasteiger partial charge in [0.1, 0.15) is 11.4 Å². The van der Waals surface area contributed by atoms with Crippen molar-refractivity contribution in [2.24, 2.45) is 0 Å². The summed E-state index contributed by atoms with van der Waals surface area (Å²) in [6, 6.07) is 5.50. The molecular formula is C14H15FN4O2. The van der Waals surface area contributed by atoms with Gasteiger partial charge in [-0.05, 0) is 17.7 Å². The Bertz CT molecular complexity index is 710. The largest absolute Gasteiger partial charge is 0.493 e. The fourth-order valence-corrected chi connectivity index (χ4v) is 2.38. The minimum Gasteiger partial charge on any atom is -0.493 e. The second kappa shape index (κ2) is 5.53. The van der Waals surface area contributed by atoms with Crippen LogP contribution in [0.15, 0.2) is 29.1 Å². The number of aromatic hydroxyl groups is 1. The van der Waals surface area contributed by atoms with Crippen LogP contribution in [0.25, 0.3) is 11.1 Å². The topological polar surface area (TPSA) is 81.2 Å². The molecule has 0 spiro atoms. The van der Waals surface area contributed by atoms with Crippen LogP contribution < -0.4 is 15.8 Å². The number of halogens is 1. The molecule has 0 atom stereocenters. The number of anilines is 1. The minimum atomic E-state index is -0.485. The third-order valence-electron chi connectivity index (χ3n) is 3.42. The van der Waals surface area contributed by atoms with Crippen LogP contribution in [-0.2, 0) is 0 Å². The van der Waals surface area contributed by atoms with E-state index in [1.54, 1.807) is 6.07 Å². The lowest BCUT2D eigenvalue weighted by Crippen LogP contribution is -2.44. The van der Waals surface area contributed by atoms with Gasteiger partial charge in [0.15, 0.2) is 0 Å². The number of H-pyrrole nitrogens is 1. The number of piperazine rings is 1. The predicted octanol–water partition coefficient (Wildman–Crippen LogP) is 0.691. The SMILES string of the molecule is O=c1[nH]c(N2CCNCC2)nc(O)c1-c1cccc(F)c1. The first-order valence-corrected chi connectivity index (χ1v) is 6.70. The number of rotatable bonds is 2. The smallest absolute Gasteiger partial charge is 0.264 e. The Kier molecular flexibility index (Phi) is 3.57. The number of benzene rings is 1. The molecule has 0 saturated carbocycles. The van der Waals surface area contributed by atoms with E-state index in [2.05, 4.69) is 15.3 Å². The highest BCUT2D eigenvalue weighted by Gasteiger charge is 2.18. The second-order valence-corrected chi connectivity index (χ2v) is 4.84. The van der Waals surface area contributed by atoms with E-state index in [0.717, 1.165) is 13.1 Å². The molecule has 21 heavy (non-hydrogen) atoms. The third-order valence-corrected chi connectivity index (χ3v) is 3.42. The summed E-state index contributed by atoms with van der Waals surface area (Å²) >= 11 is 0. The van der Waals surface area contributed by atoms with Crippen molar-refractivity contribution >= 4 is 5.95 Å². The molecule has 6 nitrogen and oxygen atoms in total. The van der Waals surface area contributed by atoms with Gasteiger partial charge in [-0.1, -0.05) is 12.1 Å². The molecular weight excluding hydrogens is 275 g/mol. The van der Waals surface area contributed by atoms with Gasteiger partial charge < -0.3 is 15.3 Å². The summed E-state index contributed by atoms with van der Waals surface area (Å²) in [6.07, 6.45) is 0. The average molecular weight is 290 g/mol. The van der Waals surface area contributed by atoms with Crippen molar-refractivity contribution in [1.29, 1.82) is 0 Å². The molecule has 1 saturated heterocycles. The highest BCUT2D eigenvalue weighted by molar-refractivity contribution is 5.68. The fourth-order valence-electron chi connectivity index (χ4n) is 2.38. The quantitative estimate of drug-likeness (QED) is 0.758. The van der Waals surface area contributed by atoms with Gasteiger partial charge in [0.05, 0.1) is 0 Å². The van der Waals surface area contributed by atoms with E-state index in [4.69, 9.17) is 0 Å². The number of aromatic nitrogens is 2. The van der Waals surface area contributed by atoms with Gasteiger partial charge in [0, 0.05) is 26.2 Å². The van der Waals surface area contributed by atoms with Crippen molar-refractivity contribution in [3.8, 4) is 17.0 Å². The summed E-state index contributed by atoms with van der Waals surface area (Å²) in [7, 11) is 0. The first kappa shape index (κ1) is 13.6. The van der Waals surface area contributed by atoms with Crippen molar-refractivity contribution in [3.05, 3.63) is 40.4 Å². The van der Waals surface area contributed by atoms with E-state index in [0.29, 0.717) is 24.6 Å². The molecule has 0 bridgehead atoms. The molecule has 0 radical (unpaired) electrons. The van der Waals surface area contributed by atoms with Gasteiger partial charge in [-0.2, -0.15) is 4.98 Å². The molecule has 7 heteroatoms. The maximum absolute atomic E-state index is 13.3. The molecule has 2 heterocycles. The van der Waals surface area contributed by atoms with Crippen molar-refractivity contribution in [1.82, 2.24) is 15.3 Å². The third kappa shape index (κ3) is 2.73. The minimum absolute atomic E-state index is 0.0200. The zero-order valence-corrected chi connectivity index (χ0v) is 11.3. The van der Waals surface area contributed by atoms with E-state index < -0.39 is 17.3 Å². The van der Waals surface area contributed by atoms with Crippen LogP contribution in [-0.4, -0.2) is 41.3 Å². The van der Waals surface area contributed by atoms with E-state index in [1.165, 1.54) is 18.2 Å². The summed E-state index contributed by atoms with van der Waals surface area (Å²) in [5.41, 5.74) is -0.205. The summed E-state index contributed by atoms with van der Waals surface area (Å²) < 4.78 is 13.3. The summed E-state index contributed by atoms with van der Waals surface area (Å²) in [6.45, 7) is 2.97. The summed E-state index contributed by atoms with van der Waals surface area (Å²) in [5, 5.41) is 13.2. The molecule has 1 aliphatic rings. The zero-order chi connectivity index (χ0) is 14.8. The summed E-state index contributed by atoms with van der Waals surface area (Å²) in [5.74, 6) is -0.533. The standard InChI is InChI=1S/C14H15FN4O2/c15-10-3-1-2-9(8-10)11-12(20)17-14(18-13(11)21)19-6-4-16-5-7-19/h1-3,8,16H,4-7H2,(H2,17,18,20,21). The number of hydrogen-bond acceptors (Lipinski definition) is 5. The van der Waals surface area contributed by atoms with Gasteiger partial charge in [-0.3, -0.25) is 9.78 Å². The van der Waals surface area contributed by atoms with Crippen LogP contribution in [0.5, 0.6) is 5.88 Å². The van der Waals surface area contributed by atoms with Crippen LogP contribution in [0.4, 0.5) is 10.3 Å². The zero-order valence-electron chi connectivity index (χ0n) is 11.3. The number of nitrogens with one attached hydrogen (secondary N) is 2. The van der Waals surface area contributed by atoms with E-state index in [9.17, 15) is 14.3 Å². The van der Waals surface area contributed by atoms with E-state index in [-0.39, 0.29) is 5.56 Å². The van der Waals surface area contributed by atoms with E-state index in [1.807, 2.05) is 4.90 Å². The normalized spacial score (nSPS) is 15.2. The molecule has 0 aliphatic carbocycles. The number of aromatic amines is 1. The van der Waals surface area contributed by atoms with Crippen molar-refractivity contribution < 1.29 is 9.50 Å². The Balaban J connectivity index is 2.02. The van der Waals surface area contributed by atoms with Gasteiger partial charge in [-0.15, -0.1) is 0 Å². The lowest BCUT2D eigenvalue weighted by molar-refractivity contribution is 0.451. The molecule has 1 aliphatic heterocycles. The first-order valence-electron chi connectivity index (χ1n) is 6.70. The number of nitrogens with zero attached hydrogens (tertiary/aromatic N) is 2. The molecule has 0 amide bonds.